The molecule has 0 bridgehead atoms. The van der Waals surface area contributed by atoms with Gasteiger partial charge in [0.2, 0.25) is 11.8 Å². The van der Waals surface area contributed by atoms with E-state index in [-0.39, 0.29) is 18.4 Å². The number of hydrogen-bond acceptors (Lipinski definition) is 4. The molecule has 16 heavy (non-hydrogen) atoms. The molecule has 1 heterocycles. The summed E-state index contributed by atoms with van der Waals surface area (Å²) in [5.41, 5.74) is 10.4. The normalized spacial score (nSPS) is 20.8. The second-order valence-electron chi connectivity index (χ2n) is 3.90. The molecule has 6 heteroatoms. The maximum Gasteiger partial charge on any atom is 0.236 e. The van der Waals surface area contributed by atoms with Crippen LogP contribution in [0.2, 0.25) is 0 Å². The maximum absolute atomic E-state index is 11.4. The highest BCUT2D eigenvalue weighted by Gasteiger charge is 2.22. The van der Waals surface area contributed by atoms with Crippen LogP contribution in [0.25, 0.3) is 0 Å². The van der Waals surface area contributed by atoms with Gasteiger partial charge in [0, 0.05) is 30.5 Å². The van der Waals surface area contributed by atoms with Gasteiger partial charge in [0.15, 0.2) is 0 Å². The minimum absolute atomic E-state index is 0.0141. The Kier molecular flexibility index (Phi) is 5.62. The van der Waals surface area contributed by atoms with Gasteiger partial charge in [-0.1, -0.05) is 0 Å². The van der Waals surface area contributed by atoms with Gasteiger partial charge in [-0.15, -0.1) is 0 Å². The lowest BCUT2D eigenvalue weighted by atomic mass is 10.1. The first-order chi connectivity index (χ1) is 7.63. The Morgan fingerprint density at radius 2 is 2.19 bits per heavy atom. The molecule has 4 N–H and O–H groups in total. The van der Waals surface area contributed by atoms with Gasteiger partial charge in [-0.3, -0.25) is 9.59 Å². The Morgan fingerprint density at radius 1 is 1.44 bits per heavy atom. The molecule has 1 unspecified atom stereocenters. The summed E-state index contributed by atoms with van der Waals surface area (Å²) in [6, 6.07) is 0. The van der Waals surface area contributed by atoms with Gasteiger partial charge in [-0.2, -0.15) is 11.8 Å². The summed E-state index contributed by atoms with van der Waals surface area (Å²) in [6.45, 7) is 1.64. The first-order valence-corrected chi connectivity index (χ1v) is 6.56. The van der Waals surface area contributed by atoms with Crippen molar-refractivity contribution >= 4 is 23.6 Å². The lowest BCUT2D eigenvalue weighted by molar-refractivity contribution is -0.130. The van der Waals surface area contributed by atoms with Crippen molar-refractivity contribution in [1.29, 1.82) is 0 Å². The van der Waals surface area contributed by atoms with Gasteiger partial charge in [0.25, 0.3) is 0 Å². The summed E-state index contributed by atoms with van der Waals surface area (Å²) < 4.78 is 0. The zero-order valence-corrected chi connectivity index (χ0v) is 10.2. The van der Waals surface area contributed by atoms with E-state index >= 15 is 0 Å². The predicted molar refractivity (Wildman–Crippen MR) is 64.9 cm³/mol. The van der Waals surface area contributed by atoms with Crippen molar-refractivity contribution in [2.24, 2.45) is 11.5 Å². The fraction of sp³-hybridized carbons (Fsp3) is 0.800. The van der Waals surface area contributed by atoms with E-state index in [2.05, 4.69) is 0 Å². The number of carbonyl (C=O) groups is 2. The van der Waals surface area contributed by atoms with E-state index in [1.54, 1.807) is 11.8 Å². The second-order valence-corrected chi connectivity index (χ2v) is 5.30. The molecule has 92 valence electrons. The van der Waals surface area contributed by atoms with Crippen LogP contribution in [0.4, 0.5) is 0 Å². The van der Waals surface area contributed by atoms with Crippen LogP contribution in [0.3, 0.4) is 0 Å². The van der Waals surface area contributed by atoms with Crippen LogP contribution in [-0.2, 0) is 9.59 Å². The first kappa shape index (κ1) is 13.3. The van der Waals surface area contributed by atoms with E-state index in [0.717, 1.165) is 31.7 Å². The van der Waals surface area contributed by atoms with E-state index < -0.39 is 0 Å². The highest BCUT2D eigenvalue weighted by molar-refractivity contribution is 7.99. The van der Waals surface area contributed by atoms with E-state index in [1.165, 1.54) is 0 Å². The smallest absolute Gasteiger partial charge is 0.236 e. The van der Waals surface area contributed by atoms with Gasteiger partial charge in [0.1, 0.15) is 0 Å². The summed E-state index contributed by atoms with van der Waals surface area (Å²) in [5, 5.41) is 0.420. The summed E-state index contributed by atoms with van der Waals surface area (Å²) in [7, 11) is 0. The number of amides is 2. The zero-order valence-electron chi connectivity index (χ0n) is 9.35. The highest BCUT2D eigenvalue weighted by Crippen LogP contribution is 2.22. The van der Waals surface area contributed by atoms with Crippen molar-refractivity contribution in [3.8, 4) is 0 Å². The van der Waals surface area contributed by atoms with E-state index in [0.29, 0.717) is 11.7 Å². The molecule has 1 aliphatic heterocycles. The largest absolute Gasteiger partial charge is 0.370 e. The van der Waals surface area contributed by atoms with Crippen molar-refractivity contribution in [2.75, 3.05) is 25.4 Å². The van der Waals surface area contributed by atoms with Crippen LogP contribution in [0, 0.1) is 0 Å². The number of likely N-dealkylation sites (tertiary alicyclic amines) is 1. The topological polar surface area (TPSA) is 89.4 Å². The standard InChI is InChI=1S/C10H19N3O2S/c11-6-10(15)13-4-1-2-8(7-13)16-5-3-9(12)14/h8H,1-7,11H2,(H2,12,14). The van der Waals surface area contributed by atoms with Crippen molar-refractivity contribution in [3.63, 3.8) is 0 Å². The first-order valence-electron chi connectivity index (χ1n) is 5.51. The summed E-state index contributed by atoms with van der Waals surface area (Å²) in [4.78, 5) is 23.8. The molecule has 1 atom stereocenters. The van der Waals surface area contributed by atoms with Gasteiger partial charge in [-0.05, 0) is 12.8 Å². The molecule has 0 spiro atoms. The molecule has 2 amide bonds. The fourth-order valence-corrected chi connectivity index (χ4v) is 3.03. The number of rotatable bonds is 5. The molecule has 1 fully saturated rings. The molecule has 5 nitrogen and oxygen atoms in total. The van der Waals surface area contributed by atoms with Crippen LogP contribution >= 0.6 is 11.8 Å². The monoisotopic (exact) mass is 245 g/mol. The summed E-state index contributed by atoms with van der Waals surface area (Å²) >= 11 is 1.72. The average Bonchev–Trinajstić information content (AvgIpc) is 2.28. The number of hydrogen-bond donors (Lipinski definition) is 2. The Bertz CT molecular complexity index is 260. The third kappa shape index (κ3) is 4.40. The molecule has 0 aromatic heterocycles. The predicted octanol–water partition coefficient (Wildman–Crippen LogP) is -0.455. The van der Waals surface area contributed by atoms with Crippen molar-refractivity contribution in [1.82, 2.24) is 4.90 Å². The van der Waals surface area contributed by atoms with E-state index in [4.69, 9.17) is 11.5 Å². The molecular weight excluding hydrogens is 226 g/mol. The number of piperidine rings is 1. The van der Waals surface area contributed by atoms with Crippen molar-refractivity contribution in [3.05, 3.63) is 0 Å². The number of nitrogens with two attached hydrogens (primary N) is 2. The minimum Gasteiger partial charge on any atom is -0.370 e. The van der Waals surface area contributed by atoms with Crippen molar-refractivity contribution < 1.29 is 9.59 Å². The molecule has 0 aliphatic carbocycles. The lowest BCUT2D eigenvalue weighted by Gasteiger charge is -2.32. The SMILES string of the molecule is NCC(=O)N1CCCC(SCCC(N)=O)C1. The van der Waals surface area contributed by atoms with Gasteiger partial charge in [-0.25, -0.2) is 0 Å². The quantitative estimate of drug-likeness (QED) is 0.686. The third-order valence-electron chi connectivity index (χ3n) is 2.61. The van der Waals surface area contributed by atoms with Crippen LogP contribution in [0.15, 0.2) is 0 Å². The van der Waals surface area contributed by atoms with Gasteiger partial charge in [0.05, 0.1) is 6.54 Å². The van der Waals surface area contributed by atoms with Gasteiger partial charge < -0.3 is 16.4 Å². The zero-order chi connectivity index (χ0) is 12.0. The van der Waals surface area contributed by atoms with Crippen LogP contribution in [0.1, 0.15) is 19.3 Å². The lowest BCUT2D eigenvalue weighted by Crippen LogP contribution is -2.44. The van der Waals surface area contributed by atoms with Crippen LogP contribution in [0.5, 0.6) is 0 Å². The molecule has 0 aromatic rings. The Morgan fingerprint density at radius 3 is 2.81 bits per heavy atom. The maximum atomic E-state index is 11.4. The summed E-state index contributed by atoms with van der Waals surface area (Å²) in [6.07, 6.45) is 2.52. The average molecular weight is 245 g/mol. The molecule has 1 saturated heterocycles. The molecule has 0 radical (unpaired) electrons. The van der Waals surface area contributed by atoms with Crippen LogP contribution < -0.4 is 11.5 Å². The van der Waals surface area contributed by atoms with Gasteiger partial charge >= 0.3 is 0 Å². The van der Waals surface area contributed by atoms with Crippen LogP contribution in [-0.4, -0.2) is 47.4 Å². The highest BCUT2D eigenvalue weighted by atomic mass is 32.2. The number of thioether (sulfide) groups is 1. The van der Waals surface area contributed by atoms with Crippen molar-refractivity contribution in [2.45, 2.75) is 24.5 Å². The Balaban J connectivity index is 2.27. The Hall–Kier alpha value is -0.750. The Labute approximate surface area is 99.9 Å². The van der Waals surface area contributed by atoms with E-state index in [9.17, 15) is 9.59 Å². The molecular formula is C10H19N3O2S. The minimum atomic E-state index is -0.266. The number of nitrogens with zero attached hydrogens (tertiary/aromatic N) is 1. The molecule has 1 rings (SSSR count). The number of carbonyl (C=O) groups excluding carboxylic acids is 2. The molecule has 0 saturated carbocycles. The third-order valence-corrected chi connectivity index (χ3v) is 3.90. The second kappa shape index (κ2) is 6.75. The summed E-state index contributed by atoms with van der Waals surface area (Å²) in [5.74, 6) is 0.489. The fourth-order valence-electron chi connectivity index (χ4n) is 1.76. The molecule has 1 aliphatic rings. The molecule has 0 aromatic carbocycles. The number of primary amides is 1. The van der Waals surface area contributed by atoms with E-state index in [1.807, 2.05) is 4.90 Å².